The third-order valence-corrected chi connectivity index (χ3v) is 4.56. The third-order valence-electron chi connectivity index (χ3n) is 4.56. The predicted molar refractivity (Wildman–Crippen MR) is 94.9 cm³/mol. The molecule has 2 heterocycles. The fraction of sp³-hybridized carbons (Fsp3) is 0.389. The van der Waals surface area contributed by atoms with E-state index in [0.717, 1.165) is 6.42 Å². The molecule has 0 radical (unpaired) electrons. The fourth-order valence-electron chi connectivity index (χ4n) is 3.21. The smallest absolute Gasteiger partial charge is 0.319 e. The number of nitrogens with zero attached hydrogens (tertiary/aromatic N) is 3. The van der Waals surface area contributed by atoms with Crippen LogP contribution in [0.1, 0.15) is 31.4 Å². The van der Waals surface area contributed by atoms with Crippen molar-refractivity contribution < 1.29 is 14.0 Å². The zero-order chi connectivity index (χ0) is 18.7. The number of benzene rings is 1. The monoisotopic (exact) mass is 359 g/mol. The minimum atomic E-state index is -0.630. The molecular weight excluding hydrogens is 337 g/mol. The van der Waals surface area contributed by atoms with Crippen LogP contribution in [0.5, 0.6) is 0 Å². The van der Waals surface area contributed by atoms with E-state index in [1.807, 2.05) is 0 Å². The number of anilines is 1. The summed E-state index contributed by atoms with van der Waals surface area (Å²) in [5.74, 6) is -0.537. The number of aromatic nitrogens is 2. The molecule has 26 heavy (non-hydrogen) atoms. The van der Waals surface area contributed by atoms with Crippen molar-refractivity contribution in [2.45, 2.75) is 31.8 Å². The van der Waals surface area contributed by atoms with Crippen LogP contribution in [0.25, 0.3) is 0 Å². The van der Waals surface area contributed by atoms with Crippen LogP contribution in [0, 0.1) is 5.82 Å². The first-order valence-electron chi connectivity index (χ1n) is 8.57. The van der Waals surface area contributed by atoms with Crippen molar-refractivity contribution in [3.63, 3.8) is 0 Å². The second kappa shape index (κ2) is 7.55. The molecule has 3 amide bonds. The lowest BCUT2D eigenvalue weighted by atomic mass is 9.99. The van der Waals surface area contributed by atoms with E-state index < -0.39 is 18.1 Å². The van der Waals surface area contributed by atoms with Gasteiger partial charge >= 0.3 is 6.03 Å². The Morgan fingerprint density at radius 2 is 2.15 bits per heavy atom. The van der Waals surface area contributed by atoms with E-state index in [0.29, 0.717) is 24.2 Å². The molecule has 138 valence electrons. The highest BCUT2D eigenvalue weighted by molar-refractivity contribution is 5.93. The summed E-state index contributed by atoms with van der Waals surface area (Å²) in [5, 5.41) is 9.33. The van der Waals surface area contributed by atoms with Gasteiger partial charge in [-0.2, -0.15) is 5.10 Å². The number of hydrogen-bond donors (Lipinski definition) is 2. The van der Waals surface area contributed by atoms with E-state index in [9.17, 15) is 14.0 Å². The van der Waals surface area contributed by atoms with E-state index in [-0.39, 0.29) is 11.7 Å². The molecule has 2 N–H and O–H groups in total. The highest BCUT2D eigenvalue weighted by Gasteiger charge is 2.33. The number of carbonyl (C=O) groups excluding carboxylic acids is 2. The second-order valence-corrected chi connectivity index (χ2v) is 6.43. The van der Waals surface area contributed by atoms with Crippen molar-refractivity contribution in [1.29, 1.82) is 0 Å². The molecule has 1 aliphatic rings. The van der Waals surface area contributed by atoms with Crippen LogP contribution in [0.15, 0.2) is 36.7 Å². The molecule has 0 bridgehead atoms. The van der Waals surface area contributed by atoms with Crippen LogP contribution < -0.4 is 10.6 Å². The van der Waals surface area contributed by atoms with Crippen molar-refractivity contribution in [2.24, 2.45) is 7.05 Å². The number of carbonyl (C=O) groups is 2. The summed E-state index contributed by atoms with van der Waals surface area (Å²) in [4.78, 5) is 26.6. The van der Waals surface area contributed by atoms with Gasteiger partial charge in [-0.3, -0.25) is 9.48 Å². The number of likely N-dealkylation sites (tertiary alicyclic amines) is 1. The lowest BCUT2D eigenvalue weighted by Crippen LogP contribution is -2.53. The molecule has 1 aromatic heterocycles. The van der Waals surface area contributed by atoms with Gasteiger partial charge in [0.05, 0.1) is 17.9 Å². The molecule has 1 aromatic carbocycles. The number of rotatable bonds is 4. The van der Waals surface area contributed by atoms with Crippen LogP contribution in [0.3, 0.4) is 0 Å². The Morgan fingerprint density at radius 1 is 1.38 bits per heavy atom. The van der Waals surface area contributed by atoms with Gasteiger partial charge in [-0.05, 0) is 25.8 Å². The number of piperidine rings is 1. The molecule has 1 saturated heterocycles. The van der Waals surface area contributed by atoms with Gasteiger partial charge in [0.1, 0.15) is 11.9 Å². The molecule has 2 aromatic rings. The normalized spacial score (nSPS) is 18.5. The van der Waals surface area contributed by atoms with Crippen molar-refractivity contribution in [3.05, 3.63) is 48.0 Å². The molecule has 3 rings (SSSR count). The Kier molecular flexibility index (Phi) is 5.20. The Hall–Kier alpha value is -2.90. The first-order valence-corrected chi connectivity index (χ1v) is 8.57. The van der Waals surface area contributed by atoms with Crippen LogP contribution in [0.2, 0.25) is 0 Å². The van der Waals surface area contributed by atoms with Crippen molar-refractivity contribution >= 4 is 17.6 Å². The number of halogens is 1. The van der Waals surface area contributed by atoms with E-state index in [2.05, 4.69) is 15.7 Å². The number of amides is 3. The molecule has 0 aliphatic carbocycles. The molecular formula is C18H22FN5O2. The van der Waals surface area contributed by atoms with Gasteiger partial charge in [0.2, 0.25) is 5.91 Å². The molecule has 1 aliphatic heterocycles. The summed E-state index contributed by atoms with van der Waals surface area (Å²) in [6.45, 7) is 2.34. The van der Waals surface area contributed by atoms with E-state index in [1.165, 1.54) is 12.3 Å². The quantitative estimate of drug-likeness (QED) is 0.880. The summed E-state index contributed by atoms with van der Waals surface area (Å²) >= 11 is 0. The van der Waals surface area contributed by atoms with Crippen molar-refractivity contribution in [2.75, 3.05) is 11.9 Å². The summed E-state index contributed by atoms with van der Waals surface area (Å²) in [6, 6.07) is 4.95. The summed E-state index contributed by atoms with van der Waals surface area (Å²) in [5.41, 5.74) is 1.02. The van der Waals surface area contributed by atoms with Gasteiger partial charge < -0.3 is 15.5 Å². The van der Waals surface area contributed by atoms with Crippen LogP contribution >= 0.6 is 0 Å². The van der Waals surface area contributed by atoms with Gasteiger partial charge in [-0.25, -0.2) is 9.18 Å². The zero-order valence-corrected chi connectivity index (χ0v) is 14.8. The van der Waals surface area contributed by atoms with E-state index in [4.69, 9.17) is 0 Å². The van der Waals surface area contributed by atoms with E-state index in [1.54, 1.807) is 47.9 Å². The Balaban J connectivity index is 1.65. The first kappa shape index (κ1) is 17.9. The molecule has 2 unspecified atom stereocenters. The number of nitrogens with one attached hydrogen (secondary N) is 2. The zero-order valence-electron chi connectivity index (χ0n) is 14.8. The largest absolute Gasteiger partial charge is 0.334 e. The average molecular weight is 359 g/mol. The Bertz CT molecular complexity index is 806. The molecule has 7 nitrogen and oxygen atoms in total. The van der Waals surface area contributed by atoms with Gasteiger partial charge in [-0.1, -0.05) is 18.2 Å². The van der Waals surface area contributed by atoms with Gasteiger partial charge in [-0.15, -0.1) is 0 Å². The fourth-order valence-corrected chi connectivity index (χ4v) is 3.21. The number of hydrogen-bond acceptors (Lipinski definition) is 3. The Morgan fingerprint density at radius 3 is 2.85 bits per heavy atom. The summed E-state index contributed by atoms with van der Waals surface area (Å²) < 4.78 is 15.6. The van der Waals surface area contributed by atoms with Crippen molar-refractivity contribution in [1.82, 2.24) is 20.0 Å². The minimum absolute atomic E-state index is 0.201. The van der Waals surface area contributed by atoms with Crippen LogP contribution in [0.4, 0.5) is 14.9 Å². The van der Waals surface area contributed by atoms with Gasteiger partial charge in [0, 0.05) is 25.4 Å². The SMILES string of the molecule is CC(c1ccccc1F)N1CCCC(NC(=O)Nc2cnn(C)c2)C1=O. The standard InChI is InChI=1S/C18H22FN5O2/c1-12(14-6-3-4-7-15(14)19)24-9-5-8-16(17(24)25)22-18(26)21-13-10-20-23(2)11-13/h3-4,6-7,10-12,16H,5,8-9H2,1-2H3,(H2,21,22,26). The van der Waals surface area contributed by atoms with Crippen LogP contribution in [-0.4, -0.2) is 39.2 Å². The van der Waals surface area contributed by atoms with Gasteiger partial charge in [0.15, 0.2) is 0 Å². The Labute approximate surface area is 151 Å². The number of aryl methyl sites for hydroxylation is 1. The topological polar surface area (TPSA) is 79.3 Å². The highest BCUT2D eigenvalue weighted by Crippen LogP contribution is 2.27. The lowest BCUT2D eigenvalue weighted by molar-refractivity contribution is -0.138. The maximum Gasteiger partial charge on any atom is 0.319 e. The summed E-state index contributed by atoms with van der Waals surface area (Å²) in [7, 11) is 1.75. The van der Waals surface area contributed by atoms with Gasteiger partial charge in [0.25, 0.3) is 0 Å². The van der Waals surface area contributed by atoms with Crippen molar-refractivity contribution in [3.8, 4) is 0 Å². The van der Waals surface area contributed by atoms with Crippen LogP contribution in [-0.2, 0) is 11.8 Å². The minimum Gasteiger partial charge on any atom is -0.334 e. The molecule has 8 heteroatoms. The maximum absolute atomic E-state index is 14.0. The molecule has 0 saturated carbocycles. The average Bonchev–Trinajstić information content (AvgIpc) is 3.01. The molecule has 1 fully saturated rings. The van der Waals surface area contributed by atoms with E-state index >= 15 is 0 Å². The maximum atomic E-state index is 14.0. The lowest BCUT2D eigenvalue weighted by Gasteiger charge is -2.37. The second-order valence-electron chi connectivity index (χ2n) is 6.43. The number of urea groups is 1. The first-order chi connectivity index (χ1) is 12.5. The highest BCUT2D eigenvalue weighted by atomic mass is 19.1. The third kappa shape index (κ3) is 3.84. The predicted octanol–water partition coefficient (Wildman–Crippen LogP) is 2.43. The molecule has 0 spiro atoms. The molecule has 2 atom stereocenters. The summed E-state index contributed by atoms with van der Waals surface area (Å²) in [6.07, 6.45) is 4.48.